The Kier molecular flexibility index (Phi) is 5.77. The summed E-state index contributed by atoms with van der Waals surface area (Å²) in [7, 11) is 0. The van der Waals surface area contributed by atoms with Crippen LogP contribution in [0, 0.1) is 0 Å². The molecule has 2 unspecified atom stereocenters. The first-order valence-electron chi connectivity index (χ1n) is 11.2. The van der Waals surface area contributed by atoms with Crippen LogP contribution in [0.4, 0.5) is 4.79 Å². The van der Waals surface area contributed by atoms with Crippen molar-refractivity contribution in [2.45, 2.75) is 44.5 Å². The van der Waals surface area contributed by atoms with Crippen LogP contribution in [-0.4, -0.2) is 67.2 Å². The van der Waals surface area contributed by atoms with Crippen molar-refractivity contribution in [1.82, 2.24) is 30.0 Å². The van der Waals surface area contributed by atoms with Gasteiger partial charge in [0.25, 0.3) is 0 Å². The molecule has 2 fully saturated rings. The quantitative estimate of drug-likeness (QED) is 0.598. The second-order valence-electron chi connectivity index (χ2n) is 8.48. The summed E-state index contributed by atoms with van der Waals surface area (Å²) in [6.07, 6.45) is 0.886. The Bertz CT molecular complexity index is 1110. The van der Waals surface area contributed by atoms with Gasteiger partial charge in [0.1, 0.15) is 12.6 Å². The highest BCUT2D eigenvalue weighted by atomic mass is 16.6. The molecule has 0 spiro atoms. The monoisotopic (exact) mass is 446 g/mol. The summed E-state index contributed by atoms with van der Waals surface area (Å²) >= 11 is 0. The minimum atomic E-state index is -0.276. The van der Waals surface area contributed by atoms with Crippen LogP contribution in [0.1, 0.15) is 31.4 Å². The van der Waals surface area contributed by atoms with Gasteiger partial charge in [-0.2, -0.15) is 4.80 Å². The van der Waals surface area contributed by atoms with Crippen molar-refractivity contribution < 1.29 is 14.3 Å². The first-order chi connectivity index (χ1) is 16.1. The molecule has 33 heavy (non-hydrogen) atoms. The predicted octanol–water partition coefficient (Wildman–Crippen LogP) is 2.91. The molecular weight excluding hydrogens is 420 g/mol. The summed E-state index contributed by atoms with van der Waals surface area (Å²) < 4.78 is 5.70. The van der Waals surface area contributed by atoms with Crippen molar-refractivity contribution in [2.75, 3.05) is 13.1 Å². The van der Waals surface area contributed by atoms with Gasteiger partial charge in [-0.15, -0.1) is 10.2 Å². The number of benzene rings is 2. The maximum absolute atomic E-state index is 12.8. The number of carbonyl (C=O) groups is 2. The zero-order valence-corrected chi connectivity index (χ0v) is 18.4. The fourth-order valence-corrected chi connectivity index (χ4v) is 4.68. The Hall–Kier alpha value is -3.75. The molecule has 3 heterocycles. The number of likely N-dealkylation sites (tertiary alicyclic amines) is 1. The molecule has 0 saturated carbocycles. The number of cyclic esters (lactones) is 1. The van der Waals surface area contributed by atoms with Crippen LogP contribution < -0.4 is 0 Å². The Morgan fingerprint density at radius 1 is 1.03 bits per heavy atom. The molecule has 2 atom stereocenters. The van der Waals surface area contributed by atoms with Crippen LogP contribution in [0.3, 0.4) is 0 Å². The Balaban J connectivity index is 1.17. The molecule has 0 bridgehead atoms. The van der Waals surface area contributed by atoms with E-state index >= 15 is 0 Å². The lowest BCUT2D eigenvalue weighted by Crippen LogP contribution is -2.49. The van der Waals surface area contributed by atoms with Crippen LogP contribution in [-0.2, 0) is 16.1 Å². The van der Waals surface area contributed by atoms with Gasteiger partial charge in [-0.1, -0.05) is 60.7 Å². The minimum Gasteiger partial charge on any atom is -0.439 e. The fraction of sp³-hybridized carbons (Fsp3) is 0.375. The van der Waals surface area contributed by atoms with E-state index in [9.17, 15) is 9.59 Å². The maximum atomic E-state index is 12.8. The van der Waals surface area contributed by atoms with Crippen LogP contribution >= 0.6 is 0 Å². The molecule has 0 aliphatic carbocycles. The van der Waals surface area contributed by atoms with Gasteiger partial charge < -0.3 is 9.64 Å². The average Bonchev–Trinajstić information content (AvgIpc) is 3.44. The zero-order chi connectivity index (χ0) is 22.8. The van der Waals surface area contributed by atoms with Gasteiger partial charge >= 0.3 is 6.09 Å². The van der Waals surface area contributed by atoms with Crippen LogP contribution in [0.15, 0.2) is 60.7 Å². The number of rotatable bonds is 5. The third-order valence-electron chi connectivity index (χ3n) is 6.42. The topological polar surface area (TPSA) is 93.5 Å². The molecule has 2 aliphatic rings. The number of carbonyl (C=O) groups excluding carboxylic acids is 2. The van der Waals surface area contributed by atoms with Crippen molar-refractivity contribution >= 4 is 12.0 Å². The molecule has 3 aromatic rings. The third kappa shape index (κ3) is 4.30. The number of aromatic nitrogens is 4. The van der Waals surface area contributed by atoms with Crippen molar-refractivity contribution in [3.05, 3.63) is 66.2 Å². The van der Waals surface area contributed by atoms with Gasteiger partial charge in [-0.25, -0.2) is 4.79 Å². The number of tetrazole rings is 1. The summed E-state index contributed by atoms with van der Waals surface area (Å²) in [4.78, 5) is 30.4. The van der Waals surface area contributed by atoms with E-state index in [-0.39, 0.29) is 36.7 Å². The summed E-state index contributed by atoms with van der Waals surface area (Å²) in [6.45, 7) is 3.23. The zero-order valence-electron chi connectivity index (χ0n) is 18.4. The Morgan fingerprint density at radius 3 is 2.39 bits per heavy atom. The first kappa shape index (κ1) is 21.1. The Morgan fingerprint density at radius 2 is 1.70 bits per heavy atom. The van der Waals surface area contributed by atoms with Gasteiger partial charge in [-0.05, 0) is 30.5 Å². The molecular formula is C24H26N6O3. The fourth-order valence-electron chi connectivity index (χ4n) is 4.68. The van der Waals surface area contributed by atoms with E-state index in [2.05, 4.69) is 15.4 Å². The summed E-state index contributed by atoms with van der Waals surface area (Å²) in [5.41, 5.74) is 1.86. The van der Waals surface area contributed by atoms with E-state index in [1.165, 1.54) is 4.80 Å². The van der Waals surface area contributed by atoms with E-state index in [0.717, 1.165) is 11.1 Å². The minimum absolute atomic E-state index is 0.0444. The number of piperidine rings is 1. The predicted molar refractivity (Wildman–Crippen MR) is 120 cm³/mol. The summed E-state index contributed by atoms with van der Waals surface area (Å²) in [5, 5.41) is 12.4. The lowest BCUT2D eigenvalue weighted by Gasteiger charge is -2.37. The van der Waals surface area contributed by atoms with Gasteiger partial charge in [0.15, 0.2) is 0 Å². The van der Waals surface area contributed by atoms with Gasteiger partial charge in [0, 0.05) is 24.7 Å². The standard InChI is InChI=1S/C24H26N6O3/c1-17-22(18-8-4-2-5-9-18)33-24(32)30(17)20-12-14-28(15-13-20)21(31)16-29-26-23(25-27-29)19-10-6-3-7-11-19/h2-11,17,20,22H,12-16H2,1H3. The first-order valence-corrected chi connectivity index (χ1v) is 11.2. The Labute approximate surface area is 191 Å². The van der Waals surface area contributed by atoms with E-state index in [0.29, 0.717) is 31.8 Å². The number of hydrogen-bond donors (Lipinski definition) is 0. The molecule has 2 aromatic carbocycles. The van der Waals surface area contributed by atoms with Crippen LogP contribution in [0.2, 0.25) is 0 Å². The van der Waals surface area contributed by atoms with Crippen molar-refractivity contribution in [3.63, 3.8) is 0 Å². The molecule has 2 amide bonds. The molecule has 1 aromatic heterocycles. The highest BCUT2D eigenvalue weighted by Gasteiger charge is 2.44. The molecule has 0 N–H and O–H groups in total. The summed E-state index contributed by atoms with van der Waals surface area (Å²) in [6, 6.07) is 19.4. The SMILES string of the molecule is CC1C(c2ccccc2)OC(=O)N1C1CCN(C(=O)Cn2nnc(-c3ccccc3)n2)CC1. The lowest BCUT2D eigenvalue weighted by atomic mass is 9.98. The smallest absolute Gasteiger partial charge is 0.411 e. The number of hydrogen-bond acceptors (Lipinski definition) is 6. The summed E-state index contributed by atoms with van der Waals surface area (Å²) in [5.74, 6) is 0.446. The second-order valence-corrected chi connectivity index (χ2v) is 8.48. The van der Waals surface area contributed by atoms with E-state index in [1.807, 2.05) is 77.4 Å². The third-order valence-corrected chi connectivity index (χ3v) is 6.42. The molecule has 5 rings (SSSR count). The van der Waals surface area contributed by atoms with Crippen molar-refractivity contribution in [2.24, 2.45) is 0 Å². The molecule has 2 aliphatic heterocycles. The van der Waals surface area contributed by atoms with E-state index in [1.54, 1.807) is 0 Å². The number of amides is 2. The average molecular weight is 447 g/mol. The molecule has 170 valence electrons. The van der Waals surface area contributed by atoms with E-state index in [4.69, 9.17) is 4.74 Å². The van der Waals surface area contributed by atoms with E-state index < -0.39 is 0 Å². The van der Waals surface area contributed by atoms with Gasteiger partial charge in [0.2, 0.25) is 11.7 Å². The van der Waals surface area contributed by atoms with Gasteiger partial charge in [0.05, 0.1) is 6.04 Å². The normalized spacial score (nSPS) is 21.3. The van der Waals surface area contributed by atoms with Crippen molar-refractivity contribution in [1.29, 1.82) is 0 Å². The highest BCUT2D eigenvalue weighted by Crippen LogP contribution is 2.35. The molecule has 2 saturated heterocycles. The van der Waals surface area contributed by atoms with Crippen molar-refractivity contribution in [3.8, 4) is 11.4 Å². The van der Waals surface area contributed by atoms with Gasteiger partial charge in [-0.3, -0.25) is 9.69 Å². The maximum Gasteiger partial charge on any atom is 0.411 e. The highest BCUT2D eigenvalue weighted by molar-refractivity contribution is 5.76. The molecule has 0 radical (unpaired) electrons. The van der Waals surface area contributed by atoms with Crippen LogP contribution in [0.5, 0.6) is 0 Å². The van der Waals surface area contributed by atoms with Crippen LogP contribution in [0.25, 0.3) is 11.4 Å². The largest absolute Gasteiger partial charge is 0.439 e. The number of nitrogens with zero attached hydrogens (tertiary/aromatic N) is 6. The number of ether oxygens (including phenoxy) is 1. The molecule has 9 heteroatoms. The molecule has 9 nitrogen and oxygen atoms in total. The lowest BCUT2D eigenvalue weighted by molar-refractivity contribution is -0.133. The second kappa shape index (κ2) is 9.01.